The average molecular weight is 277 g/mol. The minimum atomic E-state index is 0.0420. The lowest BCUT2D eigenvalue weighted by molar-refractivity contribution is -0.141. The van der Waals surface area contributed by atoms with E-state index in [1.54, 1.807) is 0 Å². The summed E-state index contributed by atoms with van der Waals surface area (Å²) in [5.41, 5.74) is 6.55. The van der Waals surface area contributed by atoms with Crippen LogP contribution in [-0.2, 0) is 9.53 Å². The highest BCUT2D eigenvalue weighted by molar-refractivity contribution is 5.78. The quantitative estimate of drug-likeness (QED) is 0.795. The van der Waals surface area contributed by atoms with Crippen LogP contribution >= 0.6 is 0 Å². The number of carbonyl (C=O) groups is 1. The van der Waals surface area contributed by atoms with Crippen molar-refractivity contribution in [2.45, 2.75) is 6.04 Å². The second kappa shape index (κ2) is 7.38. The van der Waals surface area contributed by atoms with Crippen LogP contribution in [0.5, 0.6) is 0 Å². The molecule has 1 saturated heterocycles. The van der Waals surface area contributed by atoms with Crippen LogP contribution in [0.25, 0.3) is 0 Å². The van der Waals surface area contributed by atoms with Gasteiger partial charge in [-0.1, -0.05) is 30.3 Å². The molecular weight excluding hydrogens is 254 g/mol. The molecule has 1 aliphatic rings. The highest BCUT2D eigenvalue weighted by atomic mass is 16.5. The van der Waals surface area contributed by atoms with Crippen LogP contribution in [0.1, 0.15) is 11.6 Å². The van der Waals surface area contributed by atoms with Gasteiger partial charge >= 0.3 is 0 Å². The molecule has 0 spiro atoms. The van der Waals surface area contributed by atoms with Gasteiger partial charge < -0.3 is 20.3 Å². The molecule has 1 heterocycles. The molecule has 1 aromatic carbocycles. The molecule has 2 N–H and O–H groups in total. The number of nitrogens with two attached hydrogens (primary N) is 1. The monoisotopic (exact) mass is 277 g/mol. The van der Waals surface area contributed by atoms with Crippen LogP contribution in [0.4, 0.5) is 0 Å². The zero-order valence-corrected chi connectivity index (χ0v) is 12.0. The number of benzene rings is 1. The molecule has 20 heavy (non-hydrogen) atoms. The molecular formula is C15H23N3O2. The van der Waals surface area contributed by atoms with Crippen molar-refractivity contribution in [1.82, 2.24) is 9.80 Å². The number of hydrogen-bond donors (Lipinski definition) is 1. The van der Waals surface area contributed by atoms with Crippen LogP contribution < -0.4 is 5.73 Å². The van der Waals surface area contributed by atoms with E-state index in [-0.39, 0.29) is 18.6 Å². The van der Waals surface area contributed by atoms with E-state index < -0.39 is 0 Å². The zero-order valence-electron chi connectivity index (χ0n) is 12.0. The minimum Gasteiger partial charge on any atom is -0.370 e. The lowest BCUT2D eigenvalue weighted by atomic mass is 10.0. The number of piperazine rings is 1. The third-order valence-corrected chi connectivity index (χ3v) is 3.58. The normalized spacial score (nSPS) is 20.1. The Balaban J connectivity index is 2.06. The second-order valence-electron chi connectivity index (χ2n) is 5.12. The van der Waals surface area contributed by atoms with Gasteiger partial charge in [-0.3, -0.25) is 4.79 Å². The van der Waals surface area contributed by atoms with Crippen molar-refractivity contribution in [2.24, 2.45) is 5.73 Å². The van der Waals surface area contributed by atoms with Crippen LogP contribution in [0.3, 0.4) is 0 Å². The van der Waals surface area contributed by atoms with Crippen molar-refractivity contribution in [2.75, 3.05) is 46.4 Å². The van der Waals surface area contributed by atoms with Crippen molar-refractivity contribution >= 4 is 5.91 Å². The van der Waals surface area contributed by atoms with Gasteiger partial charge in [0.05, 0.1) is 12.6 Å². The van der Waals surface area contributed by atoms with E-state index in [1.165, 1.54) is 5.56 Å². The van der Waals surface area contributed by atoms with Gasteiger partial charge in [-0.2, -0.15) is 0 Å². The van der Waals surface area contributed by atoms with Gasteiger partial charge in [-0.25, -0.2) is 0 Å². The Hall–Kier alpha value is -1.43. The lowest BCUT2D eigenvalue weighted by Gasteiger charge is -2.40. The first-order valence-electron chi connectivity index (χ1n) is 7.03. The summed E-state index contributed by atoms with van der Waals surface area (Å²) in [6.07, 6.45) is 0. The van der Waals surface area contributed by atoms with Gasteiger partial charge in [0.1, 0.15) is 6.61 Å². The molecule has 1 fully saturated rings. The summed E-state index contributed by atoms with van der Waals surface area (Å²) in [6.45, 7) is 3.47. The standard InChI is InChI=1S/C15H23N3O2/c1-17-8-9-18(15(19)12-20-10-7-16)14(11-17)13-5-3-2-4-6-13/h2-6,14H,7-12,16H2,1H3. The smallest absolute Gasteiger partial charge is 0.249 e. The summed E-state index contributed by atoms with van der Waals surface area (Å²) in [5.74, 6) is 0.0420. The van der Waals surface area contributed by atoms with Crippen LogP contribution in [0, 0.1) is 0 Å². The van der Waals surface area contributed by atoms with Crippen LogP contribution in [0.2, 0.25) is 0 Å². The molecule has 0 radical (unpaired) electrons. The SMILES string of the molecule is CN1CCN(C(=O)COCCN)C(c2ccccc2)C1. The molecule has 1 amide bonds. The number of hydrogen-bond acceptors (Lipinski definition) is 4. The molecule has 1 unspecified atom stereocenters. The van der Waals surface area contributed by atoms with E-state index in [1.807, 2.05) is 23.1 Å². The molecule has 5 nitrogen and oxygen atoms in total. The fourth-order valence-electron chi connectivity index (χ4n) is 2.50. The van der Waals surface area contributed by atoms with Crippen molar-refractivity contribution in [3.05, 3.63) is 35.9 Å². The van der Waals surface area contributed by atoms with Gasteiger partial charge in [-0.15, -0.1) is 0 Å². The number of carbonyl (C=O) groups excluding carboxylic acids is 1. The molecule has 1 aliphatic heterocycles. The molecule has 0 bridgehead atoms. The Kier molecular flexibility index (Phi) is 5.52. The maximum atomic E-state index is 12.3. The van der Waals surface area contributed by atoms with E-state index in [0.29, 0.717) is 13.2 Å². The molecule has 0 aliphatic carbocycles. The maximum Gasteiger partial charge on any atom is 0.249 e. The summed E-state index contributed by atoms with van der Waals surface area (Å²) < 4.78 is 5.28. The van der Waals surface area contributed by atoms with Gasteiger partial charge in [0.25, 0.3) is 0 Å². The highest BCUT2D eigenvalue weighted by Gasteiger charge is 2.29. The Morgan fingerprint density at radius 2 is 2.10 bits per heavy atom. The molecule has 1 aromatic rings. The Bertz CT molecular complexity index is 424. The number of nitrogens with zero attached hydrogens (tertiary/aromatic N) is 2. The summed E-state index contributed by atoms with van der Waals surface area (Å²) in [6, 6.07) is 10.3. The predicted octanol–water partition coefficient (Wildman–Crippen LogP) is 0.477. The Morgan fingerprint density at radius 3 is 2.80 bits per heavy atom. The third-order valence-electron chi connectivity index (χ3n) is 3.58. The summed E-state index contributed by atoms with van der Waals surface area (Å²) in [7, 11) is 2.09. The van der Waals surface area contributed by atoms with Crippen molar-refractivity contribution in [3.63, 3.8) is 0 Å². The van der Waals surface area contributed by atoms with Crippen molar-refractivity contribution in [1.29, 1.82) is 0 Å². The number of likely N-dealkylation sites (N-methyl/N-ethyl adjacent to an activating group) is 1. The minimum absolute atomic E-state index is 0.0420. The lowest BCUT2D eigenvalue weighted by Crippen LogP contribution is -2.50. The summed E-state index contributed by atoms with van der Waals surface area (Å²) in [5, 5.41) is 0. The first-order chi connectivity index (χ1) is 9.72. The van der Waals surface area contributed by atoms with Gasteiger partial charge in [0.15, 0.2) is 0 Å². The third kappa shape index (κ3) is 3.79. The maximum absolute atomic E-state index is 12.3. The fraction of sp³-hybridized carbons (Fsp3) is 0.533. The van der Waals surface area contributed by atoms with Crippen molar-refractivity contribution in [3.8, 4) is 0 Å². The van der Waals surface area contributed by atoms with Gasteiger partial charge in [0.2, 0.25) is 5.91 Å². The number of rotatable bonds is 5. The van der Waals surface area contributed by atoms with Gasteiger partial charge in [0, 0.05) is 26.2 Å². The molecule has 0 aromatic heterocycles. The number of ether oxygens (including phenoxy) is 1. The largest absolute Gasteiger partial charge is 0.370 e. The first-order valence-corrected chi connectivity index (χ1v) is 7.03. The fourth-order valence-corrected chi connectivity index (χ4v) is 2.50. The van der Waals surface area contributed by atoms with Crippen LogP contribution in [-0.4, -0.2) is 62.1 Å². The Morgan fingerprint density at radius 1 is 1.35 bits per heavy atom. The van der Waals surface area contributed by atoms with E-state index in [0.717, 1.165) is 19.6 Å². The summed E-state index contributed by atoms with van der Waals surface area (Å²) in [4.78, 5) is 16.5. The average Bonchev–Trinajstić information content (AvgIpc) is 2.48. The number of amides is 1. The molecule has 1 atom stereocenters. The van der Waals surface area contributed by atoms with E-state index in [2.05, 4.69) is 24.1 Å². The molecule has 110 valence electrons. The second-order valence-corrected chi connectivity index (χ2v) is 5.12. The van der Waals surface area contributed by atoms with Crippen LogP contribution in [0.15, 0.2) is 30.3 Å². The molecule has 5 heteroatoms. The van der Waals surface area contributed by atoms with E-state index in [9.17, 15) is 4.79 Å². The van der Waals surface area contributed by atoms with Crippen molar-refractivity contribution < 1.29 is 9.53 Å². The highest BCUT2D eigenvalue weighted by Crippen LogP contribution is 2.24. The molecule has 2 rings (SSSR count). The van der Waals surface area contributed by atoms with E-state index in [4.69, 9.17) is 10.5 Å². The first kappa shape index (κ1) is 15.0. The van der Waals surface area contributed by atoms with Gasteiger partial charge in [-0.05, 0) is 12.6 Å². The Labute approximate surface area is 120 Å². The topological polar surface area (TPSA) is 58.8 Å². The zero-order chi connectivity index (χ0) is 14.4. The predicted molar refractivity (Wildman–Crippen MR) is 78.3 cm³/mol. The molecule has 0 saturated carbocycles. The summed E-state index contributed by atoms with van der Waals surface area (Å²) >= 11 is 0. The van der Waals surface area contributed by atoms with E-state index >= 15 is 0 Å².